The first-order valence-corrected chi connectivity index (χ1v) is 5.12. The van der Waals surface area contributed by atoms with E-state index < -0.39 is 10.1 Å². The quantitative estimate of drug-likeness (QED) is 0.609. The van der Waals surface area contributed by atoms with Crippen molar-refractivity contribution >= 4 is 39.7 Å². The van der Waals surface area contributed by atoms with Gasteiger partial charge in [-0.15, -0.1) is 0 Å². The van der Waals surface area contributed by atoms with Crippen LogP contribution in [0.3, 0.4) is 0 Å². The molecule has 1 aromatic rings. The normalized spacial score (nSPS) is 10.3. The summed E-state index contributed by atoms with van der Waals surface area (Å²) in [5.41, 5.74) is 0. The van der Waals surface area contributed by atoms with Crippen molar-refractivity contribution in [1.82, 2.24) is 0 Å². The van der Waals surface area contributed by atoms with Gasteiger partial charge in [-0.05, 0) is 12.1 Å². The first-order chi connectivity index (χ1) is 6.49. The predicted octanol–water partition coefficient (Wildman–Crippen LogP) is 0.302. The Morgan fingerprint density at radius 1 is 1.20 bits per heavy atom. The molecule has 0 heterocycles. The van der Waals surface area contributed by atoms with Gasteiger partial charge in [0.05, 0.1) is 14.2 Å². The number of hydrogen-bond acceptors (Lipinski definition) is 4. The Morgan fingerprint density at radius 3 is 2.20 bits per heavy atom. The van der Waals surface area contributed by atoms with Crippen LogP contribution in [0.15, 0.2) is 23.1 Å². The zero-order valence-electron chi connectivity index (χ0n) is 7.72. The number of rotatable bonds is 3. The van der Waals surface area contributed by atoms with Crippen molar-refractivity contribution in [2.45, 2.75) is 4.90 Å². The van der Waals surface area contributed by atoms with E-state index >= 15 is 0 Å². The summed E-state index contributed by atoms with van der Waals surface area (Å²) in [5, 5.41) is 0. The van der Waals surface area contributed by atoms with Gasteiger partial charge in [0.1, 0.15) is 16.4 Å². The molecule has 1 N–H and O–H groups in total. The number of methoxy groups -OCH3 is 2. The fourth-order valence-electron chi connectivity index (χ4n) is 0.988. The maximum absolute atomic E-state index is 10.8. The van der Waals surface area contributed by atoms with Crippen molar-refractivity contribution < 1.29 is 22.4 Å². The number of hydrogen-bond donors (Lipinski definition) is 1. The van der Waals surface area contributed by atoms with Crippen molar-refractivity contribution in [2.24, 2.45) is 0 Å². The molecule has 15 heavy (non-hydrogen) atoms. The molecule has 0 amide bonds. The monoisotopic (exact) mass is 242 g/mol. The van der Waals surface area contributed by atoms with E-state index in [1.807, 2.05) is 0 Å². The Bertz CT molecular complexity index is 429. The van der Waals surface area contributed by atoms with Gasteiger partial charge < -0.3 is 9.47 Å². The van der Waals surface area contributed by atoms with E-state index in [1.54, 1.807) is 0 Å². The SMILES string of the molecule is COc1ccc(S(=O)(=O)O)c(OC)c1.[NaH]. The molecule has 0 aliphatic heterocycles. The Balaban J connectivity index is 0.00000196. The molecule has 0 unspecified atom stereocenters. The molecular weight excluding hydrogens is 231 g/mol. The Hall–Kier alpha value is -0.270. The zero-order chi connectivity index (χ0) is 10.8. The van der Waals surface area contributed by atoms with E-state index in [1.165, 1.54) is 32.4 Å². The van der Waals surface area contributed by atoms with E-state index in [0.29, 0.717) is 5.75 Å². The molecule has 0 atom stereocenters. The second-order valence-electron chi connectivity index (χ2n) is 2.49. The average molecular weight is 242 g/mol. The molecule has 0 radical (unpaired) electrons. The summed E-state index contributed by atoms with van der Waals surface area (Å²) in [6.07, 6.45) is 0. The summed E-state index contributed by atoms with van der Waals surface area (Å²) in [5.74, 6) is 0.501. The van der Waals surface area contributed by atoms with Gasteiger partial charge in [0.2, 0.25) is 0 Å². The van der Waals surface area contributed by atoms with Crippen LogP contribution >= 0.6 is 0 Å². The Morgan fingerprint density at radius 2 is 1.80 bits per heavy atom. The molecule has 0 saturated heterocycles. The second kappa shape index (κ2) is 5.72. The Labute approximate surface area is 110 Å². The van der Waals surface area contributed by atoms with Gasteiger partial charge in [-0.1, -0.05) is 0 Å². The summed E-state index contributed by atoms with van der Waals surface area (Å²) >= 11 is 0. The Kier molecular flexibility index (Phi) is 5.61. The van der Waals surface area contributed by atoms with Crippen LogP contribution in [0.25, 0.3) is 0 Å². The predicted molar refractivity (Wildman–Crippen MR) is 56.5 cm³/mol. The molecule has 80 valence electrons. The first-order valence-electron chi connectivity index (χ1n) is 3.68. The van der Waals surface area contributed by atoms with Crippen LogP contribution in [-0.4, -0.2) is 56.7 Å². The summed E-state index contributed by atoms with van der Waals surface area (Å²) < 4.78 is 40.2. The molecule has 0 saturated carbocycles. The van der Waals surface area contributed by atoms with Gasteiger partial charge in [-0.25, -0.2) is 0 Å². The van der Waals surface area contributed by atoms with Gasteiger partial charge in [0, 0.05) is 6.07 Å². The van der Waals surface area contributed by atoms with Crippen LogP contribution in [0, 0.1) is 0 Å². The molecule has 0 bridgehead atoms. The van der Waals surface area contributed by atoms with Crippen molar-refractivity contribution in [2.75, 3.05) is 14.2 Å². The van der Waals surface area contributed by atoms with Crippen molar-refractivity contribution in [3.63, 3.8) is 0 Å². The summed E-state index contributed by atoms with van der Waals surface area (Å²) in [6, 6.07) is 4.02. The van der Waals surface area contributed by atoms with Crippen LogP contribution in [0.4, 0.5) is 0 Å². The standard InChI is InChI=1S/C8H10O5S.Na.H/c1-12-6-3-4-8(14(9,10)11)7(5-6)13-2;;/h3-5H,1-2H3,(H,9,10,11);;. The third-order valence-electron chi connectivity index (χ3n) is 1.65. The van der Waals surface area contributed by atoms with Crippen LogP contribution in [0.2, 0.25) is 0 Å². The molecule has 0 aliphatic carbocycles. The molecule has 0 spiro atoms. The maximum atomic E-state index is 10.8. The van der Waals surface area contributed by atoms with Crippen LogP contribution < -0.4 is 9.47 Å². The van der Waals surface area contributed by atoms with Crippen LogP contribution in [0.1, 0.15) is 0 Å². The van der Waals surface area contributed by atoms with Gasteiger partial charge in [-0.3, -0.25) is 4.55 Å². The molecule has 1 aromatic carbocycles. The number of benzene rings is 1. The van der Waals surface area contributed by atoms with Gasteiger partial charge in [-0.2, -0.15) is 8.42 Å². The van der Waals surface area contributed by atoms with E-state index in [2.05, 4.69) is 0 Å². The molecule has 0 aliphatic rings. The topological polar surface area (TPSA) is 72.8 Å². The van der Waals surface area contributed by atoms with Crippen molar-refractivity contribution in [3.8, 4) is 11.5 Å². The minimum atomic E-state index is -4.25. The average Bonchev–Trinajstić information content (AvgIpc) is 2.15. The third kappa shape index (κ3) is 3.66. The summed E-state index contributed by atoms with van der Waals surface area (Å²) in [4.78, 5) is -0.277. The van der Waals surface area contributed by atoms with E-state index in [9.17, 15) is 8.42 Å². The van der Waals surface area contributed by atoms with E-state index in [-0.39, 0.29) is 40.2 Å². The first kappa shape index (κ1) is 14.7. The molecule has 1 rings (SSSR count). The fourth-order valence-corrected chi connectivity index (χ4v) is 1.62. The molecule has 0 aromatic heterocycles. The molecule has 5 nitrogen and oxygen atoms in total. The van der Waals surface area contributed by atoms with Crippen molar-refractivity contribution in [1.29, 1.82) is 0 Å². The second-order valence-corrected chi connectivity index (χ2v) is 3.88. The van der Waals surface area contributed by atoms with Crippen molar-refractivity contribution in [3.05, 3.63) is 18.2 Å². The fraction of sp³-hybridized carbons (Fsp3) is 0.250. The minimum absolute atomic E-state index is 0. The molecular formula is C8H11NaO5S. The van der Waals surface area contributed by atoms with Crippen LogP contribution in [-0.2, 0) is 10.1 Å². The van der Waals surface area contributed by atoms with Crippen LogP contribution in [0.5, 0.6) is 11.5 Å². The summed E-state index contributed by atoms with van der Waals surface area (Å²) in [7, 11) is -1.50. The third-order valence-corrected chi connectivity index (χ3v) is 2.54. The molecule has 0 fully saturated rings. The number of ether oxygens (including phenoxy) is 2. The molecule has 7 heteroatoms. The van der Waals surface area contributed by atoms with E-state index in [0.717, 1.165) is 0 Å². The van der Waals surface area contributed by atoms with Gasteiger partial charge >= 0.3 is 29.6 Å². The van der Waals surface area contributed by atoms with Gasteiger partial charge in [0.25, 0.3) is 10.1 Å². The zero-order valence-corrected chi connectivity index (χ0v) is 8.54. The van der Waals surface area contributed by atoms with Gasteiger partial charge in [0.15, 0.2) is 0 Å². The van der Waals surface area contributed by atoms with E-state index in [4.69, 9.17) is 14.0 Å². The summed E-state index contributed by atoms with van der Waals surface area (Å²) in [6.45, 7) is 0.